The van der Waals surface area contributed by atoms with Gasteiger partial charge in [0.25, 0.3) is 0 Å². The van der Waals surface area contributed by atoms with Crippen LogP contribution in [0.25, 0.3) is 0 Å². The Labute approximate surface area is 121 Å². The molecule has 3 nitrogen and oxygen atoms in total. The van der Waals surface area contributed by atoms with Gasteiger partial charge in [0, 0.05) is 5.41 Å². The summed E-state index contributed by atoms with van der Waals surface area (Å²) >= 11 is 3.35. The van der Waals surface area contributed by atoms with Crippen molar-refractivity contribution in [3.05, 3.63) is 21.9 Å². The first-order valence-electron chi connectivity index (χ1n) is 6.65. The van der Waals surface area contributed by atoms with E-state index >= 15 is 0 Å². The van der Waals surface area contributed by atoms with Gasteiger partial charge in [-0.15, -0.1) is 10.2 Å². The smallest absolute Gasteiger partial charge is 0.163 e. The summed E-state index contributed by atoms with van der Waals surface area (Å²) in [5.41, 5.74) is 0.561. The predicted molar refractivity (Wildman–Crippen MR) is 74.3 cm³/mol. The quantitative estimate of drug-likeness (QED) is 0.846. The van der Waals surface area contributed by atoms with E-state index in [1.54, 1.807) is 6.07 Å². The first-order chi connectivity index (χ1) is 9.15. The molecule has 0 radical (unpaired) electrons. The Morgan fingerprint density at radius 3 is 2.68 bits per heavy atom. The second kappa shape index (κ2) is 5.96. The number of halogens is 2. The van der Waals surface area contributed by atoms with Crippen molar-refractivity contribution < 1.29 is 4.39 Å². The molecule has 0 aromatic carbocycles. The number of nitrogens with zero attached hydrogens (tertiary/aromatic N) is 3. The van der Waals surface area contributed by atoms with Gasteiger partial charge in [0.1, 0.15) is 10.7 Å². The Bertz CT molecular complexity index is 490. The number of alkyl halides is 1. The molecule has 19 heavy (non-hydrogen) atoms. The molecule has 2 rings (SSSR count). The van der Waals surface area contributed by atoms with Crippen LogP contribution in [0.2, 0.25) is 0 Å². The van der Waals surface area contributed by atoms with Gasteiger partial charge >= 0.3 is 0 Å². The third-order valence-corrected chi connectivity index (χ3v) is 4.92. The highest BCUT2D eigenvalue weighted by Crippen LogP contribution is 2.44. The van der Waals surface area contributed by atoms with E-state index in [0.29, 0.717) is 10.5 Å². The van der Waals surface area contributed by atoms with E-state index in [2.05, 4.69) is 33.1 Å². The zero-order valence-corrected chi connectivity index (χ0v) is 12.6. The third kappa shape index (κ3) is 2.79. The highest BCUT2D eigenvalue weighted by Gasteiger charge is 2.38. The summed E-state index contributed by atoms with van der Waals surface area (Å²) in [6.07, 6.45) is 4.87. The van der Waals surface area contributed by atoms with Gasteiger partial charge in [-0.25, -0.2) is 0 Å². The van der Waals surface area contributed by atoms with Gasteiger partial charge in [-0.2, -0.15) is 5.26 Å². The molecule has 0 aliphatic heterocycles. The lowest BCUT2D eigenvalue weighted by Crippen LogP contribution is -2.34. The molecule has 1 aliphatic carbocycles. The first-order valence-corrected chi connectivity index (χ1v) is 7.44. The van der Waals surface area contributed by atoms with Crippen molar-refractivity contribution in [1.29, 1.82) is 5.26 Å². The van der Waals surface area contributed by atoms with Gasteiger partial charge in [-0.3, -0.25) is 4.39 Å². The van der Waals surface area contributed by atoms with E-state index in [1.807, 2.05) is 6.07 Å². The molecular formula is C14H17BrFN3. The van der Waals surface area contributed by atoms with Crippen LogP contribution in [0, 0.1) is 17.2 Å². The van der Waals surface area contributed by atoms with Crippen LogP contribution < -0.4 is 0 Å². The molecule has 1 aromatic heterocycles. The molecule has 0 spiro atoms. The Morgan fingerprint density at radius 1 is 1.47 bits per heavy atom. The SMILES string of the molecule is CCC1CCC(CF)(c2cc(C#N)nnc2Br)CC1. The summed E-state index contributed by atoms with van der Waals surface area (Å²) < 4.78 is 14.3. The zero-order chi connectivity index (χ0) is 13.9. The molecule has 0 N–H and O–H groups in total. The lowest BCUT2D eigenvalue weighted by molar-refractivity contribution is 0.183. The summed E-state index contributed by atoms with van der Waals surface area (Å²) in [7, 11) is 0. The van der Waals surface area contributed by atoms with Crippen molar-refractivity contribution in [2.75, 3.05) is 6.67 Å². The minimum atomic E-state index is -0.494. The molecule has 102 valence electrons. The van der Waals surface area contributed by atoms with Crippen LogP contribution in [0.4, 0.5) is 4.39 Å². The summed E-state index contributed by atoms with van der Waals surface area (Å²) in [6.45, 7) is 1.78. The molecule has 1 fully saturated rings. The van der Waals surface area contributed by atoms with Crippen molar-refractivity contribution in [3.8, 4) is 6.07 Å². The Balaban J connectivity index is 2.35. The van der Waals surface area contributed by atoms with Crippen LogP contribution in [0.3, 0.4) is 0 Å². The van der Waals surface area contributed by atoms with Gasteiger partial charge in [0.15, 0.2) is 5.69 Å². The van der Waals surface area contributed by atoms with Crippen molar-refractivity contribution in [1.82, 2.24) is 10.2 Å². The number of hydrogen-bond acceptors (Lipinski definition) is 3. The minimum Gasteiger partial charge on any atom is -0.250 e. The Hall–Kier alpha value is -1.02. The maximum Gasteiger partial charge on any atom is 0.163 e. The van der Waals surface area contributed by atoms with Crippen molar-refractivity contribution in [2.24, 2.45) is 5.92 Å². The molecular weight excluding hydrogens is 309 g/mol. The maximum absolute atomic E-state index is 13.7. The second-order valence-electron chi connectivity index (χ2n) is 5.31. The number of aromatic nitrogens is 2. The summed E-state index contributed by atoms with van der Waals surface area (Å²) in [6, 6.07) is 3.66. The lowest BCUT2D eigenvalue weighted by Gasteiger charge is -2.38. The van der Waals surface area contributed by atoms with Gasteiger partial charge < -0.3 is 0 Å². The monoisotopic (exact) mass is 325 g/mol. The molecule has 0 unspecified atom stereocenters. The summed E-state index contributed by atoms with van der Waals surface area (Å²) in [5.74, 6) is 0.698. The Kier molecular flexibility index (Phi) is 4.51. The molecule has 0 bridgehead atoms. The largest absolute Gasteiger partial charge is 0.250 e. The molecule has 1 aliphatic rings. The number of nitriles is 1. The summed E-state index contributed by atoms with van der Waals surface area (Å²) in [4.78, 5) is 0. The van der Waals surface area contributed by atoms with Crippen LogP contribution in [0.5, 0.6) is 0 Å². The molecule has 1 heterocycles. The van der Waals surface area contributed by atoms with Gasteiger partial charge in [-0.05, 0) is 59.2 Å². The van der Waals surface area contributed by atoms with Crippen molar-refractivity contribution in [3.63, 3.8) is 0 Å². The van der Waals surface area contributed by atoms with Crippen LogP contribution in [-0.4, -0.2) is 16.9 Å². The van der Waals surface area contributed by atoms with Crippen LogP contribution in [-0.2, 0) is 5.41 Å². The molecule has 0 amide bonds. The molecule has 1 aromatic rings. The van der Waals surface area contributed by atoms with Gasteiger partial charge in [0.05, 0.1) is 6.67 Å². The van der Waals surface area contributed by atoms with E-state index in [9.17, 15) is 4.39 Å². The molecule has 0 saturated heterocycles. The molecule has 0 atom stereocenters. The second-order valence-corrected chi connectivity index (χ2v) is 6.06. The van der Waals surface area contributed by atoms with Crippen LogP contribution in [0.15, 0.2) is 10.7 Å². The summed E-state index contributed by atoms with van der Waals surface area (Å²) in [5, 5.41) is 16.6. The third-order valence-electron chi connectivity index (χ3n) is 4.33. The fraction of sp³-hybridized carbons (Fsp3) is 0.643. The van der Waals surface area contributed by atoms with Gasteiger partial charge in [-0.1, -0.05) is 13.3 Å². The number of rotatable bonds is 3. The first kappa shape index (κ1) is 14.4. The van der Waals surface area contributed by atoms with E-state index in [1.165, 1.54) is 0 Å². The predicted octanol–water partition coefficient (Wildman–Crippen LogP) is 3.92. The molecule has 1 saturated carbocycles. The fourth-order valence-electron chi connectivity index (χ4n) is 2.92. The normalized spacial score (nSPS) is 26.9. The van der Waals surface area contributed by atoms with E-state index in [4.69, 9.17) is 5.26 Å². The average molecular weight is 326 g/mol. The van der Waals surface area contributed by atoms with Gasteiger partial charge in [0.2, 0.25) is 0 Å². The maximum atomic E-state index is 13.7. The van der Waals surface area contributed by atoms with E-state index in [0.717, 1.165) is 37.7 Å². The zero-order valence-electron chi connectivity index (χ0n) is 11.0. The Morgan fingerprint density at radius 2 is 2.16 bits per heavy atom. The standard InChI is InChI=1S/C14H17BrFN3/c1-2-10-3-5-14(9-16,6-4-10)12-7-11(8-17)18-19-13(12)15/h7,10H,2-6,9H2,1H3. The highest BCUT2D eigenvalue weighted by atomic mass is 79.9. The van der Waals surface area contributed by atoms with E-state index < -0.39 is 12.1 Å². The highest BCUT2D eigenvalue weighted by molar-refractivity contribution is 9.10. The average Bonchev–Trinajstić information content (AvgIpc) is 2.48. The van der Waals surface area contributed by atoms with Crippen molar-refractivity contribution in [2.45, 2.75) is 44.4 Å². The van der Waals surface area contributed by atoms with Crippen LogP contribution >= 0.6 is 15.9 Å². The molecule has 5 heteroatoms. The van der Waals surface area contributed by atoms with Crippen molar-refractivity contribution >= 4 is 15.9 Å². The fourth-order valence-corrected chi connectivity index (χ4v) is 3.53. The van der Waals surface area contributed by atoms with E-state index in [-0.39, 0.29) is 5.69 Å². The van der Waals surface area contributed by atoms with Crippen LogP contribution in [0.1, 0.15) is 50.3 Å². The number of hydrogen-bond donors (Lipinski definition) is 0. The minimum absolute atomic E-state index is 0.253. The topological polar surface area (TPSA) is 49.6 Å². The lowest BCUT2D eigenvalue weighted by atomic mass is 9.67.